The van der Waals surface area contributed by atoms with E-state index in [4.69, 9.17) is 0 Å². The van der Waals surface area contributed by atoms with Crippen molar-refractivity contribution in [2.24, 2.45) is 0 Å². The molecule has 0 radical (unpaired) electrons. The van der Waals surface area contributed by atoms with Crippen molar-refractivity contribution >= 4 is 0 Å². The molecule has 0 saturated heterocycles. The largest absolute Gasteiger partial charge is 0.392 e. The maximum Gasteiger partial charge on any atom is 0.0667 e. The molecule has 40 heavy (non-hydrogen) atoms. The zero-order valence-electron chi connectivity index (χ0n) is 28.2. The lowest BCUT2D eigenvalue weighted by Crippen LogP contribution is -2.34. The number of aliphatic hydroxyl groups is 2. The van der Waals surface area contributed by atoms with Gasteiger partial charge >= 0.3 is 0 Å². The average Bonchev–Trinajstić information content (AvgIpc) is 2.95. The summed E-state index contributed by atoms with van der Waals surface area (Å²) >= 11 is 0. The predicted molar refractivity (Wildman–Crippen MR) is 178 cm³/mol. The van der Waals surface area contributed by atoms with Gasteiger partial charge in [0.25, 0.3) is 0 Å². The quantitative estimate of drug-likeness (QED) is 0.0774. The van der Waals surface area contributed by atoms with Crippen LogP contribution < -0.4 is 0 Å². The molecule has 0 heterocycles. The van der Waals surface area contributed by atoms with Crippen molar-refractivity contribution in [2.45, 2.75) is 194 Å². The Morgan fingerprint density at radius 3 is 0.975 bits per heavy atom. The normalized spacial score (nSPS) is 13.5. The second kappa shape index (κ2) is 31.8. The Bertz CT molecular complexity index is 434. The van der Waals surface area contributed by atoms with Gasteiger partial charge in [-0.15, -0.1) is 0 Å². The third kappa shape index (κ3) is 28.0. The van der Waals surface area contributed by atoms with Crippen molar-refractivity contribution in [3.05, 3.63) is 0 Å². The molecule has 0 rings (SSSR count). The van der Waals surface area contributed by atoms with Crippen LogP contribution in [-0.4, -0.2) is 71.5 Å². The van der Waals surface area contributed by atoms with Gasteiger partial charge in [-0.3, -0.25) is 0 Å². The average molecular weight is 569 g/mol. The lowest BCUT2D eigenvalue weighted by atomic mass is 10.1. The molecule has 0 spiro atoms. The molecule has 0 aromatic rings. The molecule has 4 heteroatoms. The van der Waals surface area contributed by atoms with Crippen LogP contribution in [0.4, 0.5) is 0 Å². The van der Waals surface area contributed by atoms with Crippen LogP contribution in [0.15, 0.2) is 0 Å². The number of aliphatic hydroxyl groups excluding tert-OH is 2. The predicted octanol–water partition coefficient (Wildman–Crippen LogP) is 9.75. The van der Waals surface area contributed by atoms with E-state index in [1.807, 2.05) is 0 Å². The molecule has 2 atom stereocenters. The molecule has 2 N–H and O–H groups in total. The second-order valence-corrected chi connectivity index (χ2v) is 12.9. The van der Waals surface area contributed by atoms with E-state index in [0.29, 0.717) is 0 Å². The molecule has 0 saturated carbocycles. The fraction of sp³-hybridized carbons (Fsp3) is 1.00. The maximum absolute atomic E-state index is 10.6. The van der Waals surface area contributed by atoms with Crippen LogP contribution in [0.25, 0.3) is 0 Å². The fourth-order valence-corrected chi connectivity index (χ4v) is 5.83. The molecule has 0 aliphatic heterocycles. The summed E-state index contributed by atoms with van der Waals surface area (Å²) in [6.45, 7) is 15.3. The molecule has 0 aliphatic rings. The summed E-state index contributed by atoms with van der Waals surface area (Å²) in [7, 11) is 0. The lowest BCUT2D eigenvalue weighted by molar-refractivity contribution is 0.0984. The number of hydrogen-bond donors (Lipinski definition) is 2. The Morgan fingerprint density at radius 2 is 0.625 bits per heavy atom. The molecule has 0 aromatic carbocycles. The molecule has 0 fully saturated rings. The summed E-state index contributed by atoms with van der Waals surface area (Å²) < 4.78 is 0. The number of rotatable bonds is 33. The molecule has 0 aromatic heterocycles. The Balaban J connectivity index is 4.12. The third-order valence-corrected chi connectivity index (χ3v) is 8.57. The molecular weight excluding hydrogens is 492 g/mol. The first-order valence-corrected chi connectivity index (χ1v) is 18.4. The highest BCUT2D eigenvalue weighted by molar-refractivity contribution is 4.68. The van der Waals surface area contributed by atoms with Crippen LogP contribution in [0.2, 0.25) is 0 Å². The van der Waals surface area contributed by atoms with Crippen molar-refractivity contribution in [3.63, 3.8) is 0 Å². The highest BCUT2D eigenvalue weighted by Gasteiger charge is 2.13. The van der Waals surface area contributed by atoms with Gasteiger partial charge in [0.15, 0.2) is 0 Å². The Kier molecular flexibility index (Phi) is 31.6. The van der Waals surface area contributed by atoms with E-state index in [-0.39, 0.29) is 12.2 Å². The molecular formula is C36H76N2O2. The van der Waals surface area contributed by atoms with Crippen LogP contribution in [-0.2, 0) is 0 Å². The van der Waals surface area contributed by atoms with E-state index in [1.165, 1.54) is 141 Å². The van der Waals surface area contributed by atoms with E-state index in [9.17, 15) is 10.2 Å². The maximum atomic E-state index is 10.6. The molecule has 4 nitrogen and oxygen atoms in total. The smallest absolute Gasteiger partial charge is 0.0667 e. The first kappa shape index (κ1) is 39.8. The van der Waals surface area contributed by atoms with Gasteiger partial charge in [-0.2, -0.15) is 0 Å². The molecule has 0 bridgehead atoms. The Labute approximate surface area is 253 Å². The summed E-state index contributed by atoms with van der Waals surface area (Å²) in [5.41, 5.74) is 0. The summed E-state index contributed by atoms with van der Waals surface area (Å²) in [6.07, 6.45) is 30.0. The van der Waals surface area contributed by atoms with Crippen LogP contribution in [0.1, 0.15) is 182 Å². The first-order valence-electron chi connectivity index (χ1n) is 18.4. The minimum atomic E-state index is -0.160. The van der Waals surface area contributed by atoms with E-state index in [0.717, 1.165) is 52.1 Å². The lowest BCUT2D eigenvalue weighted by Gasteiger charge is -2.26. The zero-order valence-corrected chi connectivity index (χ0v) is 28.2. The molecule has 0 aliphatic carbocycles. The number of unbranched alkanes of at least 4 members (excludes halogenated alkanes) is 17. The monoisotopic (exact) mass is 569 g/mol. The first-order chi connectivity index (χ1) is 19.6. The minimum Gasteiger partial charge on any atom is -0.392 e. The van der Waals surface area contributed by atoms with Crippen molar-refractivity contribution in [1.82, 2.24) is 9.80 Å². The van der Waals surface area contributed by atoms with Crippen molar-refractivity contribution in [1.29, 1.82) is 0 Å². The van der Waals surface area contributed by atoms with E-state index in [1.54, 1.807) is 0 Å². The summed E-state index contributed by atoms with van der Waals surface area (Å²) in [5.74, 6) is 0. The zero-order chi connectivity index (χ0) is 29.5. The van der Waals surface area contributed by atoms with Crippen LogP contribution in [0, 0.1) is 0 Å². The Morgan fingerprint density at radius 1 is 0.350 bits per heavy atom. The topological polar surface area (TPSA) is 46.9 Å². The van der Waals surface area contributed by atoms with Crippen LogP contribution >= 0.6 is 0 Å². The van der Waals surface area contributed by atoms with Gasteiger partial charge in [0.05, 0.1) is 12.2 Å². The summed E-state index contributed by atoms with van der Waals surface area (Å²) in [4.78, 5) is 5.06. The molecule has 2 unspecified atom stereocenters. The second-order valence-electron chi connectivity index (χ2n) is 12.9. The van der Waals surface area contributed by atoms with Crippen molar-refractivity contribution in [3.8, 4) is 0 Å². The highest BCUT2D eigenvalue weighted by atomic mass is 16.3. The van der Waals surface area contributed by atoms with Crippen molar-refractivity contribution in [2.75, 3.05) is 39.3 Å². The standard InChI is InChI=1S/C36H76N2O2/c1-5-9-13-15-17-19-23-27-35(39)33-37(29-11-7-3)31-25-21-22-26-32-38(30-12-8-4)34-36(40)28-24-20-18-16-14-10-6-2/h35-36,39-40H,5-34H2,1-4H3. The molecule has 0 amide bonds. The van der Waals surface area contributed by atoms with Gasteiger partial charge in [0, 0.05) is 13.1 Å². The fourth-order valence-electron chi connectivity index (χ4n) is 5.83. The van der Waals surface area contributed by atoms with Crippen LogP contribution in [0.3, 0.4) is 0 Å². The van der Waals surface area contributed by atoms with Crippen molar-refractivity contribution < 1.29 is 10.2 Å². The van der Waals surface area contributed by atoms with E-state index in [2.05, 4.69) is 37.5 Å². The Hall–Kier alpha value is -0.160. The minimum absolute atomic E-state index is 0.160. The van der Waals surface area contributed by atoms with Gasteiger partial charge in [-0.1, -0.05) is 143 Å². The molecule has 242 valence electrons. The van der Waals surface area contributed by atoms with Gasteiger partial charge < -0.3 is 20.0 Å². The highest BCUT2D eigenvalue weighted by Crippen LogP contribution is 2.13. The summed E-state index contributed by atoms with van der Waals surface area (Å²) in [5, 5.41) is 21.3. The van der Waals surface area contributed by atoms with Gasteiger partial charge in [-0.25, -0.2) is 0 Å². The van der Waals surface area contributed by atoms with Gasteiger partial charge in [0.2, 0.25) is 0 Å². The van der Waals surface area contributed by atoms with Gasteiger partial charge in [0.1, 0.15) is 0 Å². The van der Waals surface area contributed by atoms with Gasteiger partial charge in [-0.05, 0) is 64.7 Å². The number of nitrogens with zero attached hydrogens (tertiary/aromatic N) is 2. The number of hydrogen-bond acceptors (Lipinski definition) is 4. The van der Waals surface area contributed by atoms with E-state index < -0.39 is 0 Å². The van der Waals surface area contributed by atoms with Crippen LogP contribution in [0.5, 0.6) is 0 Å². The van der Waals surface area contributed by atoms with E-state index >= 15 is 0 Å². The SMILES string of the molecule is CCCCCCCCCC(O)CN(CCCC)CCCCCCN(CCCC)CC(O)CCCCCCCCC. The summed E-state index contributed by atoms with van der Waals surface area (Å²) in [6, 6.07) is 0. The third-order valence-electron chi connectivity index (χ3n) is 8.57.